The number of aromatic nitrogens is 1. The summed E-state index contributed by atoms with van der Waals surface area (Å²) in [6, 6.07) is 10.0. The van der Waals surface area contributed by atoms with Gasteiger partial charge in [-0.05, 0) is 6.42 Å². The molecule has 0 fully saturated rings. The van der Waals surface area contributed by atoms with E-state index in [2.05, 4.69) is 11.9 Å². The van der Waals surface area contributed by atoms with Crippen LogP contribution in [0.1, 0.15) is 19.8 Å². The molecule has 1 aromatic heterocycles. The number of thiazole rings is 1. The second-order valence-corrected chi connectivity index (χ2v) is 6.31. The summed E-state index contributed by atoms with van der Waals surface area (Å²) in [4.78, 5) is 16.0. The van der Waals surface area contributed by atoms with Crippen molar-refractivity contribution in [1.82, 2.24) is 4.98 Å². The number of esters is 1. The largest absolute Gasteiger partial charge is 0.465 e. The third-order valence-electron chi connectivity index (χ3n) is 2.63. The molecule has 0 aliphatic heterocycles. The molecule has 0 aliphatic carbocycles. The van der Waals surface area contributed by atoms with Crippen molar-refractivity contribution in [3.63, 3.8) is 0 Å². The molecule has 1 heterocycles. The molecule has 0 amide bonds. The van der Waals surface area contributed by atoms with Gasteiger partial charge >= 0.3 is 5.97 Å². The van der Waals surface area contributed by atoms with Crippen LogP contribution < -0.4 is 0 Å². The molecule has 0 N–H and O–H groups in total. The second-order valence-electron chi connectivity index (χ2n) is 4.23. The Hall–Kier alpha value is -1.33. The molecule has 0 aliphatic rings. The first kappa shape index (κ1) is 15.1. The van der Waals surface area contributed by atoms with Gasteiger partial charge < -0.3 is 4.74 Å². The number of rotatable bonds is 7. The summed E-state index contributed by atoms with van der Waals surface area (Å²) in [6.07, 6.45) is 1.96. The van der Waals surface area contributed by atoms with Crippen LogP contribution in [0.15, 0.2) is 40.1 Å². The van der Waals surface area contributed by atoms with Crippen molar-refractivity contribution >= 4 is 29.1 Å². The maximum atomic E-state index is 11.5. The van der Waals surface area contributed by atoms with Gasteiger partial charge in [0.2, 0.25) is 0 Å². The van der Waals surface area contributed by atoms with E-state index >= 15 is 0 Å². The van der Waals surface area contributed by atoms with Crippen molar-refractivity contribution < 1.29 is 9.53 Å². The third kappa shape index (κ3) is 4.65. The molecule has 20 heavy (non-hydrogen) atoms. The van der Waals surface area contributed by atoms with Gasteiger partial charge in [-0.2, -0.15) is 0 Å². The van der Waals surface area contributed by atoms with Crippen molar-refractivity contribution in [3.05, 3.63) is 35.7 Å². The monoisotopic (exact) mass is 307 g/mol. The molecular weight excluding hydrogens is 290 g/mol. The number of benzene rings is 1. The zero-order valence-electron chi connectivity index (χ0n) is 11.4. The Labute approximate surface area is 127 Å². The molecule has 0 bridgehead atoms. The molecule has 2 rings (SSSR count). The predicted octanol–water partition coefficient (Wildman–Crippen LogP) is 4.25. The van der Waals surface area contributed by atoms with Gasteiger partial charge in [-0.3, -0.25) is 4.79 Å². The number of nitrogens with zero attached hydrogens (tertiary/aromatic N) is 1. The lowest BCUT2D eigenvalue weighted by Gasteiger charge is -2.01. The van der Waals surface area contributed by atoms with E-state index in [9.17, 15) is 4.79 Å². The van der Waals surface area contributed by atoms with Crippen LogP contribution in [0.25, 0.3) is 11.3 Å². The van der Waals surface area contributed by atoms with Crippen LogP contribution in [-0.2, 0) is 9.53 Å². The summed E-state index contributed by atoms with van der Waals surface area (Å²) in [7, 11) is 0. The van der Waals surface area contributed by atoms with Gasteiger partial charge in [0.05, 0.1) is 18.1 Å². The minimum atomic E-state index is -0.167. The first-order chi connectivity index (χ1) is 9.79. The van der Waals surface area contributed by atoms with Crippen LogP contribution in [0, 0.1) is 0 Å². The van der Waals surface area contributed by atoms with Crippen LogP contribution in [0.5, 0.6) is 0 Å². The molecule has 0 saturated heterocycles. The number of hydrogen-bond donors (Lipinski definition) is 0. The number of ether oxygens (including phenoxy) is 1. The number of unbranched alkanes of at least 4 members (excludes halogenated alkanes) is 1. The molecule has 0 saturated carbocycles. The van der Waals surface area contributed by atoms with Crippen LogP contribution in [0.2, 0.25) is 0 Å². The van der Waals surface area contributed by atoms with Crippen molar-refractivity contribution in [1.29, 1.82) is 0 Å². The fourth-order valence-corrected chi connectivity index (χ4v) is 3.19. The van der Waals surface area contributed by atoms with E-state index in [0.717, 1.165) is 28.4 Å². The van der Waals surface area contributed by atoms with Gasteiger partial charge in [-0.25, -0.2) is 4.98 Å². The summed E-state index contributed by atoms with van der Waals surface area (Å²) < 4.78 is 6.01. The van der Waals surface area contributed by atoms with E-state index in [1.54, 1.807) is 11.3 Å². The lowest BCUT2D eigenvalue weighted by molar-refractivity contribution is -0.140. The van der Waals surface area contributed by atoms with Crippen molar-refractivity contribution in [2.75, 3.05) is 12.4 Å². The lowest BCUT2D eigenvalue weighted by Crippen LogP contribution is -2.08. The summed E-state index contributed by atoms with van der Waals surface area (Å²) in [5.41, 5.74) is 2.05. The van der Waals surface area contributed by atoms with Crippen LogP contribution in [-0.4, -0.2) is 23.3 Å². The summed E-state index contributed by atoms with van der Waals surface area (Å²) in [5, 5.41) is 2.01. The highest BCUT2D eigenvalue weighted by Gasteiger charge is 2.08. The van der Waals surface area contributed by atoms with E-state index in [0.29, 0.717) is 12.4 Å². The molecule has 0 radical (unpaired) electrons. The number of thioether (sulfide) groups is 1. The summed E-state index contributed by atoms with van der Waals surface area (Å²) >= 11 is 2.99. The fourth-order valence-electron chi connectivity index (χ4n) is 1.56. The molecule has 3 nitrogen and oxygen atoms in total. The highest BCUT2D eigenvalue weighted by atomic mass is 32.2. The molecule has 106 valence electrons. The Kier molecular flexibility index (Phi) is 6.08. The SMILES string of the molecule is CCCCOC(=O)CSc1nc(-c2ccccc2)cs1. The van der Waals surface area contributed by atoms with Crippen LogP contribution in [0.3, 0.4) is 0 Å². The highest BCUT2D eigenvalue weighted by molar-refractivity contribution is 8.01. The molecule has 5 heteroatoms. The molecule has 2 aromatic rings. The molecular formula is C15H17NO2S2. The Morgan fingerprint density at radius 1 is 1.35 bits per heavy atom. The maximum absolute atomic E-state index is 11.5. The Bertz CT molecular complexity index is 540. The smallest absolute Gasteiger partial charge is 0.316 e. The molecule has 0 unspecified atom stereocenters. The van der Waals surface area contributed by atoms with Crippen molar-refractivity contribution in [2.24, 2.45) is 0 Å². The minimum absolute atomic E-state index is 0.167. The molecule has 0 atom stereocenters. The van der Waals surface area contributed by atoms with E-state index in [1.165, 1.54) is 11.8 Å². The number of hydrogen-bond acceptors (Lipinski definition) is 5. The number of carbonyl (C=O) groups is 1. The zero-order chi connectivity index (χ0) is 14.2. The normalized spacial score (nSPS) is 10.4. The predicted molar refractivity (Wildman–Crippen MR) is 84.1 cm³/mol. The fraction of sp³-hybridized carbons (Fsp3) is 0.333. The maximum Gasteiger partial charge on any atom is 0.316 e. The average Bonchev–Trinajstić information content (AvgIpc) is 2.95. The first-order valence-corrected chi connectivity index (χ1v) is 8.45. The van der Waals surface area contributed by atoms with Crippen LogP contribution >= 0.6 is 23.1 Å². The zero-order valence-corrected chi connectivity index (χ0v) is 13.0. The summed E-state index contributed by atoms with van der Waals surface area (Å²) in [5.74, 6) is 0.158. The van der Waals surface area contributed by atoms with Gasteiger partial charge in [-0.15, -0.1) is 11.3 Å². The van der Waals surface area contributed by atoms with Crippen LogP contribution in [0.4, 0.5) is 0 Å². The van der Waals surface area contributed by atoms with Gasteiger partial charge in [0.25, 0.3) is 0 Å². The second kappa shape index (κ2) is 8.07. The molecule has 0 spiro atoms. The summed E-state index contributed by atoms with van der Waals surface area (Å²) in [6.45, 7) is 2.59. The highest BCUT2D eigenvalue weighted by Crippen LogP contribution is 2.28. The number of carbonyl (C=O) groups excluding carboxylic acids is 1. The van der Waals surface area contributed by atoms with E-state index in [4.69, 9.17) is 4.74 Å². The third-order valence-corrected chi connectivity index (χ3v) is 4.62. The van der Waals surface area contributed by atoms with Gasteiger partial charge in [0.1, 0.15) is 0 Å². The Morgan fingerprint density at radius 2 is 2.15 bits per heavy atom. The lowest BCUT2D eigenvalue weighted by atomic mass is 10.2. The van der Waals surface area contributed by atoms with Crippen molar-refractivity contribution in [3.8, 4) is 11.3 Å². The van der Waals surface area contributed by atoms with E-state index in [-0.39, 0.29) is 5.97 Å². The Balaban J connectivity index is 1.83. The van der Waals surface area contributed by atoms with Gasteiger partial charge in [0, 0.05) is 10.9 Å². The topological polar surface area (TPSA) is 39.2 Å². The van der Waals surface area contributed by atoms with Gasteiger partial charge in [-0.1, -0.05) is 55.4 Å². The van der Waals surface area contributed by atoms with E-state index < -0.39 is 0 Å². The molecule has 1 aromatic carbocycles. The van der Waals surface area contributed by atoms with E-state index in [1.807, 2.05) is 35.7 Å². The standard InChI is InChI=1S/C15H17NO2S2/c1-2-3-9-18-14(17)11-20-15-16-13(10-19-15)12-7-5-4-6-8-12/h4-8,10H,2-3,9,11H2,1H3. The van der Waals surface area contributed by atoms with Gasteiger partial charge in [0.15, 0.2) is 4.34 Å². The average molecular weight is 307 g/mol. The minimum Gasteiger partial charge on any atom is -0.465 e. The quantitative estimate of drug-likeness (QED) is 0.435. The van der Waals surface area contributed by atoms with Crippen molar-refractivity contribution in [2.45, 2.75) is 24.1 Å². The first-order valence-electron chi connectivity index (χ1n) is 6.59. The Morgan fingerprint density at radius 3 is 2.90 bits per heavy atom.